The normalized spacial score (nSPS) is 12.7. The minimum absolute atomic E-state index is 0.0718. The lowest BCUT2D eigenvalue weighted by Crippen LogP contribution is -2.18. The first-order chi connectivity index (χ1) is 7.29. The molecule has 0 unspecified atom stereocenters. The molecule has 0 amide bonds. The zero-order valence-electron chi connectivity index (χ0n) is 10.0. The number of hydrogen-bond donors (Lipinski definition) is 0. The summed E-state index contributed by atoms with van der Waals surface area (Å²) in [5.74, 6) is -0.0718. The highest BCUT2D eigenvalue weighted by molar-refractivity contribution is 6.45. The highest BCUT2D eigenvalue weighted by Crippen LogP contribution is 2.13. The van der Waals surface area contributed by atoms with Gasteiger partial charge in [0.05, 0.1) is 11.3 Å². The standard InChI is InChI=1S/C13H16ClNO/c1-9(15-13(2,3)4)12(16)10-6-5-7-11(14)8-10/h5-8H,1-4H3. The number of rotatable bonds is 2. The first-order valence-corrected chi connectivity index (χ1v) is 5.54. The van der Waals surface area contributed by atoms with E-state index in [0.717, 1.165) is 0 Å². The van der Waals surface area contributed by atoms with E-state index in [1.807, 2.05) is 20.8 Å². The maximum atomic E-state index is 12.0. The van der Waals surface area contributed by atoms with Crippen molar-refractivity contribution in [2.45, 2.75) is 33.2 Å². The second-order valence-electron chi connectivity index (χ2n) is 4.71. The van der Waals surface area contributed by atoms with Gasteiger partial charge in [0.15, 0.2) is 0 Å². The van der Waals surface area contributed by atoms with E-state index in [4.69, 9.17) is 11.6 Å². The molecule has 0 saturated heterocycles. The molecule has 0 atom stereocenters. The van der Waals surface area contributed by atoms with Crippen LogP contribution in [0, 0.1) is 0 Å². The van der Waals surface area contributed by atoms with Gasteiger partial charge in [-0.3, -0.25) is 9.79 Å². The molecule has 0 fully saturated rings. The van der Waals surface area contributed by atoms with Crippen molar-refractivity contribution in [2.24, 2.45) is 4.99 Å². The van der Waals surface area contributed by atoms with Crippen LogP contribution in [0.25, 0.3) is 0 Å². The van der Waals surface area contributed by atoms with Crippen LogP contribution in [0.5, 0.6) is 0 Å². The van der Waals surface area contributed by atoms with Gasteiger partial charge in [0.2, 0.25) is 5.78 Å². The Hall–Kier alpha value is -1.15. The van der Waals surface area contributed by atoms with E-state index in [9.17, 15) is 4.79 Å². The summed E-state index contributed by atoms with van der Waals surface area (Å²) in [4.78, 5) is 16.3. The molecule has 1 rings (SSSR count). The molecule has 2 nitrogen and oxygen atoms in total. The molecule has 0 bridgehead atoms. The number of carbonyl (C=O) groups excluding carboxylic acids is 1. The van der Waals surface area contributed by atoms with Gasteiger partial charge in [-0.1, -0.05) is 23.7 Å². The number of aliphatic imine (C=N–C) groups is 1. The molecular formula is C13H16ClNO. The van der Waals surface area contributed by atoms with Crippen LogP contribution in [0.4, 0.5) is 0 Å². The summed E-state index contributed by atoms with van der Waals surface area (Å²) in [6.07, 6.45) is 0. The van der Waals surface area contributed by atoms with E-state index < -0.39 is 0 Å². The van der Waals surface area contributed by atoms with Crippen molar-refractivity contribution >= 4 is 23.1 Å². The first-order valence-electron chi connectivity index (χ1n) is 5.16. The quantitative estimate of drug-likeness (QED) is 0.569. The summed E-state index contributed by atoms with van der Waals surface area (Å²) in [5, 5.41) is 0.564. The van der Waals surface area contributed by atoms with Crippen LogP contribution in [-0.4, -0.2) is 17.0 Å². The highest BCUT2D eigenvalue weighted by Gasteiger charge is 2.14. The number of Topliss-reactive ketones (excluding diaryl/α,β-unsaturated/α-hetero) is 1. The second-order valence-corrected chi connectivity index (χ2v) is 5.14. The number of nitrogens with zero attached hydrogens (tertiary/aromatic N) is 1. The average molecular weight is 238 g/mol. The van der Waals surface area contributed by atoms with E-state index in [2.05, 4.69) is 4.99 Å². The predicted molar refractivity (Wildman–Crippen MR) is 68.6 cm³/mol. The molecule has 16 heavy (non-hydrogen) atoms. The summed E-state index contributed by atoms with van der Waals surface area (Å²) in [5.41, 5.74) is 0.853. The smallest absolute Gasteiger partial charge is 0.206 e. The first kappa shape index (κ1) is 12.9. The lowest BCUT2D eigenvalue weighted by Gasteiger charge is -2.13. The Morgan fingerprint density at radius 1 is 1.31 bits per heavy atom. The zero-order valence-corrected chi connectivity index (χ0v) is 10.8. The van der Waals surface area contributed by atoms with Crippen LogP contribution in [0.2, 0.25) is 5.02 Å². The molecule has 3 heteroatoms. The van der Waals surface area contributed by atoms with Crippen molar-refractivity contribution in [3.05, 3.63) is 34.9 Å². The van der Waals surface area contributed by atoms with E-state index in [1.165, 1.54) is 0 Å². The molecular weight excluding hydrogens is 222 g/mol. The third-order valence-corrected chi connectivity index (χ3v) is 2.15. The van der Waals surface area contributed by atoms with E-state index in [0.29, 0.717) is 16.3 Å². The van der Waals surface area contributed by atoms with E-state index >= 15 is 0 Å². The van der Waals surface area contributed by atoms with Gasteiger partial charge in [0.25, 0.3) is 0 Å². The predicted octanol–water partition coefficient (Wildman–Crippen LogP) is 3.78. The van der Waals surface area contributed by atoms with Gasteiger partial charge >= 0.3 is 0 Å². The maximum absolute atomic E-state index is 12.0. The zero-order chi connectivity index (χ0) is 12.3. The summed E-state index contributed by atoms with van der Waals surface area (Å²) in [6.45, 7) is 7.61. The Balaban J connectivity index is 3.00. The average Bonchev–Trinajstić information content (AvgIpc) is 2.14. The fourth-order valence-corrected chi connectivity index (χ4v) is 1.58. The van der Waals surface area contributed by atoms with Crippen LogP contribution in [0.1, 0.15) is 38.1 Å². The van der Waals surface area contributed by atoms with Crippen molar-refractivity contribution in [3.63, 3.8) is 0 Å². The molecule has 0 aliphatic carbocycles. The minimum Gasteiger partial charge on any atom is -0.287 e. The Morgan fingerprint density at radius 3 is 2.44 bits per heavy atom. The summed E-state index contributed by atoms with van der Waals surface area (Å²) in [7, 11) is 0. The van der Waals surface area contributed by atoms with Crippen molar-refractivity contribution in [1.82, 2.24) is 0 Å². The van der Waals surface area contributed by atoms with E-state index in [-0.39, 0.29) is 11.3 Å². The van der Waals surface area contributed by atoms with Crippen molar-refractivity contribution < 1.29 is 4.79 Å². The fraction of sp³-hybridized carbons (Fsp3) is 0.385. The second kappa shape index (κ2) is 4.79. The topological polar surface area (TPSA) is 29.4 Å². The molecule has 1 aromatic rings. The molecule has 0 aliphatic heterocycles. The molecule has 0 radical (unpaired) electrons. The molecule has 0 N–H and O–H groups in total. The minimum atomic E-state index is -0.238. The van der Waals surface area contributed by atoms with Crippen molar-refractivity contribution in [2.75, 3.05) is 0 Å². The summed E-state index contributed by atoms with van der Waals surface area (Å²) in [6, 6.07) is 6.91. The van der Waals surface area contributed by atoms with Gasteiger partial charge < -0.3 is 0 Å². The molecule has 0 saturated carbocycles. The Morgan fingerprint density at radius 2 is 1.94 bits per heavy atom. The number of halogens is 1. The van der Waals surface area contributed by atoms with Crippen LogP contribution >= 0.6 is 11.6 Å². The number of hydrogen-bond acceptors (Lipinski definition) is 2. The SMILES string of the molecule is CC(=NC(C)(C)C)C(=O)c1cccc(Cl)c1. The Labute approximate surface area is 101 Å². The molecule has 0 aromatic heterocycles. The van der Waals surface area contributed by atoms with Crippen LogP contribution in [-0.2, 0) is 0 Å². The fourth-order valence-electron chi connectivity index (χ4n) is 1.39. The lowest BCUT2D eigenvalue weighted by molar-refractivity contribution is 0.106. The molecule has 86 valence electrons. The van der Waals surface area contributed by atoms with Crippen LogP contribution < -0.4 is 0 Å². The lowest BCUT2D eigenvalue weighted by atomic mass is 10.1. The number of ketones is 1. The third-order valence-electron chi connectivity index (χ3n) is 1.92. The van der Waals surface area contributed by atoms with Gasteiger partial charge in [-0.2, -0.15) is 0 Å². The largest absolute Gasteiger partial charge is 0.287 e. The third kappa shape index (κ3) is 3.78. The van der Waals surface area contributed by atoms with Gasteiger partial charge in [-0.15, -0.1) is 0 Å². The molecule has 1 aromatic carbocycles. The summed E-state index contributed by atoms with van der Waals surface area (Å²) < 4.78 is 0. The van der Waals surface area contributed by atoms with Crippen LogP contribution in [0.15, 0.2) is 29.3 Å². The van der Waals surface area contributed by atoms with Crippen molar-refractivity contribution in [1.29, 1.82) is 0 Å². The monoisotopic (exact) mass is 237 g/mol. The van der Waals surface area contributed by atoms with Gasteiger partial charge in [0, 0.05) is 10.6 Å². The summed E-state index contributed by atoms with van der Waals surface area (Å²) >= 11 is 5.83. The Kier molecular flexibility index (Phi) is 3.87. The number of carbonyl (C=O) groups is 1. The van der Waals surface area contributed by atoms with Gasteiger partial charge in [0.1, 0.15) is 0 Å². The Bertz CT molecular complexity index is 430. The van der Waals surface area contributed by atoms with E-state index in [1.54, 1.807) is 31.2 Å². The van der Waals surface area contributed by atoms with Gasteiger partial charge in [-0.25, -0.2) is 0 Å². The molecule has 0 aliphatic rings. The van der Waals surface area contributed by atoms with Crippen LogP contribution in [0.3, 0.4) is 0 Å². The molecule has 0 spiro atoms. The highest BCUT2D eigenvalue weighted by atomic mass is 35.5. The maximum Gasteiger partial charge on any atom is 0.206 e. The van der Waals surface area contributed by atoms with Gasteiger partial charge in [-0.05, 0) is 39.8 Å². The van der Waals surface area contributed by atoms with Crippen molar-refractivity contribution in [3.8, 4) is 0 Å². The number of benzene rings is 1. The molecule has 0 heterocycles.